The van der Waals surface area contributed by atoms with Crippen molar-refractivity contribution in [2.45, 2.75) is 26.7 Å². The average Bonchev–Trinajstić information content (AvgIpc) is 2.77. The first-order valence-corrected chi connectivity index (χ1v) is 6.87. The fraction of sp³-hybridized carbons (Fsp3) is 0.385. The second kappa shape index (κ2) is 5.52. The van der Waals surface area contributed by atoms with Crippen LogP contribution in [0.1, 0.15) is 31.7 Å². The van der Waals surface area contributed by atoms with E-state index >= 15 is 0 Å². The van der Waals surface area contributed by atoms with Gasteiger partial charge in [0.2, 0.25) is 0 Å². The Morgan fingerprint density at radius 3 is 2.89 bits per heavy atom. The van der Waals surface area contributed by atoms with E-state index in [-0.39, 0.29) is 18.2 Å². The molecular formula is C13H15FN2O2S. The van der Waals surface area contributed by atoms with Crippen LogP contribution >= 0.6 is 11.3 Å². The third-order valence-electron chi connectivity index (χ3n) is 2.52. The number of nitrogens with zero attached hydrogens (tertiary/aromatic N) is 1. The molecule has 0 aliphatic carbocycles. The summed E-state index contributed by atoms with van der Waals surface area (Å²) in [6, 6.07) is 2.91. The monoisotopic (exact) mass is 282 g/mol. The van der Waals surface area contributed by atoms with Gasteiger partial charge in [-0.1, -0.05) is 13.8 Å². The molecule has 0 unspecified atom stereocenters. The lowest BCUT2D eigenvalue weighted by Gasteiger charge is -2.06. The van der Waals surface area contributed by atoms with Gasteiger partial charge in [-0.15, -0.1) is 11.3 Å². The minimum absolute atomic E-state index is 0.139. The third kappa shape index (κ3) is 2.84. The number of fused-ring (bicyclic) bond motifs is 1. The lowest BCUT2D eigenvalue weighted by Crippen LogP contribution is -2.14. The number of carbonyl (C=O) groups is 1. The van der Waals surface area contributed by atoms with Gasteiger partial charge < -0.3 is 4.74 Å². The molecule has 0 aliphatic rings. The minimum atomic E-state index is -0.659. The van der Waals surface area contributed by atoms with Gasteiger partial charge in [-0.05, 0) is 19.1 Å². The number of hydrogen-bond donors (Lipinski definition) is 1. The zero-order valence-electron chi connectivity index (χ0n) is 11.0. The molecule has 1 N–H and O–H groups in total. The van der Waals surface area contributed by atoms with E-state index in [1.807, 2.05) is 13.8 Å². The standard InChI is InChI=1S/C13H15FN2O2S/c1-4-18-13(17)16-10-8(14)5-6-9-11(10)19-12(15-9)7(2)3/h5-7H,4H2,1-3H3,(H,16,17). The Kier molecular flexibility index (Phi) is 3.99. The number of hydrogen-bond acceptors (Lipinski definition) is 4. The van der Waals surface area contributed by atoms with Gasteiger partial charge in [-0.2, -0.15) is 0 Å². The van der Waals surface area contributed by atoms with Gasteiger partial charge >= 0.3 is 6.09 Å². The SMILES string of the molecule is CCOC(=O)Nc1c(F)ccc2nc(C(C)C)sc12. The van der Waals surface area contributed by atoms with E-state index in [0.29, 0.717) is 10.2 Å². The number of halogens is 1. The number of anilines is 1. The number of aromatic nitrogens is 1. The maximum atomic E-state index is 13.8. The van der Waals surface area contributed by atoms with Crippen molar-refractivity contribution in [3.63, 3.8) is 0 Å². The molecule has 0 fully saturated rings. The predicted octanol–water partition coefficient (Wildman–Crippen LogP) is 4.13. The van der Waals surface area contributed by atoms with E-state index in [1.54, 1.807) is 13.0 Å². The van der Waals surface area contributed by atoms with Crippen molar-refractivity contribution < 1.29 is 13.9 Å². The molecule has 0 atom stereocenters. The van der Waals surface area contributed by atoms with Crippen LogP contribution in [0.5, 0.6) is 0 Å². The van der Waals surface area contributed by atoms with E-state index < -0.39 is 11.9 Å². The number of nitrogens with one attached hydrogen (secondary N) is 1. The van der Waals surface area contributed by atoms with Crippen LogP contribution in [0.4, 0.5) is 14.9 Å². The molecule has 102 valence electrons. The number of rotatable bonds is 3. The highest BCUT2D eigenvalue weighted by Gasteiger charge is 2.16. The zero-order valence-corrected chi connectivity index (χ0v) is 11.8. The van der Waals surface area contributed by atoms with Gasteiger partial charge in [0, 0.05) is 5.92 Å². The van der Waals surface area contributed by atoms with Crippen molar-refractivity contribution >= 4 is 33.3 Å². The summed E-state index contributed by atoms with van der Waals surface area (Å²) in [5.74, 6) is -0.226. The summed E-state index contributed by atoms with van der Waals surface area (Å²) in [7, 11) is 0. The Morgan fingerprint density at radius 2 is 2.26 bits per heavy atom. The molecule has 0 spiro atoms. The highest BCUT2D eigenvalue weighted by molar-refractivity contribution is 7.19. The van der Waals surface area contributed by atoms with Crippen LogP contribution in [-0.2, 0) is 4.74 Å². The van der Waals surface area contributed by atoms with Gasteiger partial charge in [0.25, 0.3) is 0 Å². The lowest BCUT2D eigenvalue weighted by atomic mass is 10.2. The maximum Gasteiger partial charge on any atom is 0.411 e. The number of ether oxygens (including phenoxy) is 1. The van der Waals surface area contributed by atoms with Crippen LogP contribution < -0.4 is 5.32 Å². The number of benzene rings is 1. The van der Waals surface area contributed by atoms with Crippen molar-refractivity contribution in [1.29, 1.82) is 0 Å². The predicted molar refractivity (Wildman–Crippen MR) is 74.3 cm³/mol. The maximum absolute atomic E-state index is 13.8. The van der Waals surface area contributed by atoms with Crippen LogP contribution in [-0.4, -0.2) is 17.7 Å². The Hall–Kier alpha value is -1.69. The Morgan fingerprint density at radius 1 is 1.53 bits per heavy atom. The van der Waals surface area contributed by atoms with Crippen LogP contribution in [0.15, 0.2) is 12.1 Å². The highest BCUT2D eigenvalue weighted by atomic mass is 32.1. The molecule has 0 bridgehead atoms. The van der Waals surface area contributed by atoms with Gasteiger partial charge in [0.15, 0.2) is 0 Å². The van der Waals surface area contributed by atoms with Gasteiger partial charge in [-0.25, -0.2) is 14.2 Å². The molecule has 0 saturated carbocycles. The molecule has 2 aromatic rings. The van der Waals surface area contributed by atoms with Gasteiger partial charge in [0.1, 0.15) is 5.82 Å². The van der Waals surface area contributed by atoms with Crippen molar-refractivity contribution in [3.05, 3.63) is 23.0 Å². The molecular weight excluding hydrogens is 267 g/mol. The van der Waals surface area contributed by atoms with Crippen LogP contribution in [0.2, 0.25) is 0 Å². The third-order valence-corrected chi connectivity index (χ3v) is 3.91. The first-order chi connectivity index (χ1) is 9.02. The second-order valence-electron chi connectivity index (χ2n) is 4.32. The fourth-order valence-electron chi connectivity index (χ4n) is 1.62. The lowest BCUT2D eigenvalue weighted by molar-refractivity contribution is 0.168. The van der Waals surface area contributed by atoms with Crippen molar-refractivity contribution in [2.24, 2.45) is 0 Å². The Balaban J connectivity index is 2.45. The Bertz CT molecular complexity index is 610. The van der Waals surface area contributed by atoms with E-state index in [4.69, 9.17) is 4.74 Å². The molecule has 1 aromatic carbocycles. The molecule has 6 heteroatoms. The minimum Gasteiger partial charge on any atom is -0.450 e. The summed E-state index contributed by atoms with van der Waals surface area (Å²) in [4.78, 5) is 15.9. The van der Waals surface area contributed by atoms with Gasteiger partial charge in [0.05, 0.1) is 27.5 Å². The van der Waals surface area contributed by atoms with E-state index in [2.05, 4.69) is 10.3 Å². The van der Waals surface area contributed by atoms with Crippen molar-refractivity contribution in [3.8, 4) is 0 Å². The topological polar surface area (TPSA) is 51.2 Å². The second-order valence-corrected chi connectivity index (χ2v) is 5.35. The summed E-state index contributed by atoms with van der Waals surface area (Å²) >= 11 is 1.38. The van der Waals surface area contributed by atoms with Crippen LogP contribution in [0.3, 0.4) is 0 Å². The van der Waals surface area contributed by atoms with E-state index in [9.17, 15) is 9.18 Å². The zero-order chi connectivity index (χ0) is 14.0. The summed E-state index contributed by atoms with van der Waals surface area (Å²) in [6.07, 6.45) is -0.659. The molecule has 4 nitrogen and oxygen atoms in total. The first-order valence-electron chi connectivity index (χ1n) is 6.05. The van der Waals surface area contributed by atoms with Gasteiger partial charge in [-0.3, -0.25) is 5.32 Å². The number of carbonyl (C=O) groups excluding carboxylic acids is 1. The fourth-order valence-corrected chi connectivity index (χ4v) is 2.68. The highest BCUT2D eigenvalue weighted by Crippen LogP contribution is 2.34. The summed E-state index contributed by atoms with van der Waals surface area (Å²) < 4.78 is 19.2. The molecule has 19 heavy (non-hydrogen) atoms. The molecule has 0 aliphatic heterocycles. The quantitative estimate of drug-likeness (QED) is 0.921. The van der Waals surface area contributed by atoms with Crippen LogP contribution in [0, 0.1) is 5.82 Å². The van der Waals surface area contributed by atoms with Crippen molar-refractivity contribution in [1.82, 2.24) is 4.98 Å². The van der Waals surface area contributed by atoms with E-state index in [0.717, 1.165) is 5.01 Å². The van der Waals surface area contributed by atoms with Crippen LogP contribution in [0.25, 0.3) is 10.2 Å². The largest absolute Gasteiger partial charge is 0.450 e. The number of thiazole rings is 1. The molecule has 0 saturated heterocycles. The first kappa shape index (κ1) is 13.7. The summed E-state index contributed by atoms with van der Waals surface area (Å²) in [6.45, 7) is 5.97. The molecule has 2 rings (SSSR count). The van der Waals surface area contributed by atoms with E-state index in [1.165, 1.54) is 17.4 Å². The summed E-state index contributed by atoms with van der Waals surface area (Å²) in [5, 5.41) is 3.35. The average molecular weight is 282 g/mol. The normalized spacial score (nSPS) is 11.0. The Labute approximate surface area is 114 Å². The molecule has 0 radical (unpaired) electrons. The summed E-state index contributed by atoms with van der Waals surface area (Å²) in [5.41, 5.74) is 0.822. The molecule has 1 heterocycles. The smallest absolute Gasteiger partial charge is 0.411 e. The molecule has 1 amide bonds. The number of amides is 1. The molecule has 1 aromatic heterocycles. The van der Waals surface area contributed by atoms with Crippen molar-refractivity contribution in [2.75, 3.05) is 11.9 Å².